The van der Waals surface area contributed by atoms with Gasteiger partial charge in [0.15, 0.2) is 0 Å². The molecule has 1 saturated heterocycles. The summed E-state index contributed by atoms with van der Waals surface area (Å²) in [6.45, 7) is 9.99. The predicted molar refractivity (Wildman–Crippen MR) is 117 cm³/mol. The zero-order chi connectivity index (χ0) is 21.0. The van der Waals surface area contributed by atoms with Gasteiger partial charge in [0.1, 0.15) is 0 Å². The van der Waals surface area contributed by atoms with Gasteiger partial charge in [0.05, 0.1) is 10.7 Å². The van der Waals surface area contributed by atoms with Crippen LogP contribution in [0.15, 0.2) is 23.6 Å². The predicted octanol–water partition coefficient (Wildman–Crippen LogP) is 4.09. The molecule has 1 aliphatic heterocycles. The summed E-state index contributed by atoms with van der Waals surface area (Å²) in [5.41, 5.74) is 4.02. The van der Waals surface area contributed by atoms with Crippen molar-refractivity contribution < 1.29 is 9.59 Å². The van der Waals surface area contributed by atoms with Gasteiger partial charge in [-0.05, 0) is 38.3 Å². The first-order valence-electron chi connectivity index (χ1n) is 10.4. The van der Waals surface area contributed by atoms with E-state index >= 15 is 0 Å². The average molecular weight is 414 g/mol. The van der Waals surface area contributed by atoms with Crippen molar-refractivity contribution in [2.45, 2.75) is 52.9 Å². The number of nitrogens with one attached hydrogen (secondary N) is 1. The highest BCUT2D eigenvalue weighted by molar-refractivity contribution is 7.09. The van der Waals surface area contributed by atoms with Gasteiger partial charge in [-0.25, -0.2) is 4.98 Å². The Morgan fingerprint density at radius 1 is 1.24 bits per heavy atom. The quantitative estimate of drug-likeness (QED) is 0.776. The van der Waals surface area contributed by atoms with Gasteiger partial charge in [-0.2, -0.15) is 0 Å². The molecule has 1 aliphatic rings. The Kier molecular flexibility index (Phi) is 7.06. The van der Waals surface area contributed by atoms with Crippen LogP contribution in [0.1, 0.15) is 64.8 Å². The third-order valence-electron chi connectivity index (χ3n) is 5.53. The number of hydrogen-bond acceptors (Lipinski definition) is 4. The van der Waals surface area contributed by atoms with Crippen molar-refractivity contribution in [1.29, 1.82) is 0 Å². The van der Waals surface area contributed by atoms with E-state index in [0.717, 1.165) is 59.7 Å². The molecule has 156 valence electrons. The van der Waals surface area contributed by atoms with Gasteiger partial charge >= 0.3 is 0 Å². The Balaban J connectivity index is 1.52. The third-order valence-corrected chi connectivity index (χ3v) is 6.59. The van der Waals surface area contributed by atoms with Crippen LogP contribution in [0.25, 0.3) is 0 Å². The maximum atomic E-state index is 12.9. The van der Waals surface area contributed by atoms with Gasteiger partial charge in [0.2, 0.25) is 5.91 Å². The summed E-state index contributed by atoms with van der Waals surface area (Å²) in [6, 6.07) is 6.07. The smallest absolute Gasteiger partial charge is 0.254 e. The number of rotatable bonds is 6. The molecular weight excluding hydrogens is 382 g/mol. The molecule has 0 saturated carbocycles. The van der Waals surface area contributed by atoms with Crippen LogP contribution >= 0.6 is 11.3 Å². The molecule has 0 spiro atoms. The van der Waals surface area contributed by atoms with E-state index in [0.29, 0.717) is 12.5 Å². The third kappa shape index (κ3) is 5.44. The molecule has 0 atom stereocenters. The molecule has 2 heterocycles. The summed E-state index contributed by atoms with van der Waals surface area (Å²) in [4.78, 5) is 31.3. The Labute approximate surface area is 177 Å². The van der Waals surface area contributed by atoms with Crippen LogP contribution in [-0.2, 0) is 11.2 Å². The first kappa shape index (κ1) is 21.5. The zero-order valence-electron chi connectivity index (χ0n) is 17.8. The molecule has 1 N–H and O–H groups in total. The van der Waals surface area contributed by atoms with Gasteiger partial charge in [0, 0.05) is 48.8 Å². The molecule has 0 bridgehead atoms. The Morgan fingerprint density at radius 3 is 2.66 bits per heavy atom. The molecule has 29 heavy (non-hydrogen) atoms. The minimum absolute atomic E-state index is 0.0116. The molecule has 2 aromatic rings. The van der Waals surface area contributed by atoms with E-state index in [1.165, 1.54) is 0 Å². The van der Waals surface area contributed by atoms with Crippen LogP contribution in [0.4, 0.5) is 0 Å². The highest BCUT2D eigenvalue weighted by atomic mass is 32.1. The summed E-state index contributed by atoms with van der Waals surface area (Å²) in [5.74, 6) is 0.658. The van der Waals surface area contributed by atoms with Gasteiger partial charge in [-0.15, -0.1) is 11.3 Å². The van der Waals surface area contributed by atoms with Gasteiger partial charge in [-0.3, -0.25) is 9.59 Å². The van der Waals surface area contributed by atoms with Crippen molar-refractivity contribution in [2.75, 3.05) is 19.6 Å². The minimum Gasteiger partial charge on any atom is -0.355 e. The molecule has 1 fully saturated rings. The zero-order valence-corrected chi connectivity index (χ0v) is 18.6. The van der Waals surface area contributed by atoms with Gasteiger partial charge in [-0.1, -0.05) is 31.5 Å². The molecule has 5 nitrogen and oxygen atoms in total. The van der Waals surface area contributed by atoms with Crippen molar-refractivity contribution in [2.24, 2.45) is 5.92 Å². The minimum atomic E-state index is 0.0116. The second-order valence-electron chi connectivity index (χ2n) is 8.26. The van der Waals surface area contributed by atoms with Gasteiger partial charge in [0.25, 0.3) is 5.91 Å². The van der Waals surface area contributed by atoms with E-state index in [-0.39, 0.29) is 17.7 Å². The SMILES string of the molecule is Cc1ccc(C)c(C(=O)N2CCC(c3nc(CCNC(=O)C(C)C)cs3)CC2)c1. The lowest BCUT2D eigenvalue weighted by Gasteiger charge is -2.31. The van der Waals surface area contributed by atoms with Crippen LogP contribution in [0, 0.1) is 19.8 Å². The van der Waals surface area contributed by atoms with Crippen LogP contribution in [0.3, 0.4) is 0 Å². The lowest BCUT2D eigenvalue weighted by atomic mass is 9.96. The largest absolute Gasteiger partial charge is 0.355 e. The summed E-state index contributed by atoms with van der Waals surface area (Å²) >= 11 is 1.70. The fourth-order valence-corrected chi connectivity index (χ4v) is 4.63. The van der Waals surface area contributed by atoms with E-state index in [9.17, 15) is 9.59 Å². The molecule has 3 rings (SSSR count). The number of likely N-dealkylation sites (tertiary alicyclic amines) is 1. The first-order valence-corrected chi connectivity index (χ1v) is 11.3. The molecule has 1 aromatic heterocycles. The summed E-state index contributed by atoms with van der Waals surface area (Å²) < 4.78 is 0. The molecule has 0 unspecified atom stereocenters. The lowest BCUT2D eigenvalue weighted by molar-refractivity contribution is -0.123. The summed E-state index contributed by atoms with van der Waals surface area (Å²) in [5, 5.41) is 6.21. The van der Waals surface area contributed by atoms with Crippen molar-refractivity contribution in [3.63, 3.8) is 0 Å². The van der Waals surface area contributed by atoms with Crippen LogP contribution in [-0.4, -0.2) is 41.3 Å². The second kappa shape index (κ2) is 9.53. The average Bonchev–Trinajstić information content (AvgIpc) is 3.18. The monoisotopic (exact) mass is 413 g/mol. The lowest BCUT2D eigenvalue weighted by Crippen LogP contribution is -2.38. The molecule has 0 radical (unpaired) electrons. The summed E-state index contributed by atoms with van der Waals surface area (Å²) in [6.07, 6.45) is 2.67. The second-order valence-corrected chi connectivity index (χ2v) is 9.15. The van der Waals surface area contributed by atoms with E-state index in [1.54, 1.807) is 11.3 Å². The Morgan fingerprint density at radius 2 is 1.97 bits per heavy atom. The maximum Gasteiger partial charge on any atom is 0.254 e. The normalized spacial score (nSPS) is 15.0. The van der Waals surface area contributed by atoms with Gasteiger partial charge < -0.3 is 10.2 Å². The van der Waals surface area contributed by atoms with Crippen molar-refractivity contribution in [3.05, 3.63) is 51.0 Å². The van der Waals surface area contributed by atoms with Crippen molar-refractivity contribution >= 4 is 23.2 Å². The van der Waals surface area contributed by atoms with Crippen LogP contribution < -0.4 is 5.32 Å². The molecule has 2 amide bonds. The number of hydrogen-bond donors (Lipinski definition) is 1. The van der Waals surface area contributed by atoms with E-state index in [2.05, 4.69) is 10.7 Å². The van der Waals surface area contributed by atoms with Crippen molar-refractivity contribution in [1.82, 2.24) is 15.2 Å². The number of carbonyl (C=O) groups excluding carboxylic acids is 2. The topological polar surface area (TPSA) is 62.3 Å². The highest BCUT2D eigenvalue weighted by Crippen LogP contribution is 2.31. The molecule has 1 aromatic carbocycles. The number of thiazole rings is 1. The van der Waals surface area contributed by atoms with E-state index in [4.69, 9.17) is 4.98 Å². The number of nitrogens with zero attached hydrogens (tertiary/aromatic N) is 2. The Hall–Kier alpha value is -2.21. The number of aromatic nitrogens is 1. The first-order chi connectivity index (χ1) is 13.8. The number of carbonyl (C=O) groups is 2. The number of amides is 2. The number of aryl methyl sites for hydroxylation is 2. The Bertz CT molecular complexity index is 867. The summed E-state index contributed by atoms with van der Waals surface area (Å²) in [7, 11) is 0. The number of piperidine rings is 1. The molecule has 0 aliphatic carbocycles. The fourth-order valence-electron chi connectivity index (χ4n) is 3.61. The van der Waals surface area contributed by atoms with E-state index in [1.807, 2.05) is 50.8 Å². The van der Waals surface area contributed by atoms with Crippen LogP contribution in [0.5, 0.6) is 0 Å². The maximum absolute atomic E-state index is 12.9. The standard InChI is InChI=1S/C23H31N3O2S/c1-15(2)21(27)24-10-7-19-14-29-22(25-19)18-8-11-26(12-9-18)23(28)20-13-16(3)5-6-17(20)4/h5-6,13-15,18H,7-12H2,1-4H3,(H,24,27). The van der Waals surface area contributed by atoms with Crippen molar-refractivity contribution in [3.8, 4) is 0 Å². The van der Waals surface area contributed by atoms with E-state index < -0.39 is 0 Å². The fraction of sp³-hybridized carbons (Fsp3) is 0.522. The van der Waals surface area contributed by atoms with Crippen LogP contribution in [0.2, 0.25) is 0 Å². The molecule has 6 heteroatoms. The molecular formula is C23H31N3O2S. The highest BCUT2D eigenvalue weighted by Gasteiger charge is 2.27. The number of benzene rings is 1.